The van der Waals surface area contributed by atoms with Crippen molar-refractivity contribution < 1.29 is 9.59 Å². The Balaban J connectivity index is 0.00000160. The number of rotatable bonds is 4. The number of aryl methyl sites for hydroxylation is 1. The van der Waals surface area contributed by atoms with Crippen molar-refractivity contribution in [1.29, 1.82) is 0 Å². The minimum absolute atomic E-state index is 0. The molecule has 0 saturated carbocycles. The Bertz CT molecular complexity index is 887. The number of piperidine rings is 1. The lowest BCUT2D eigenvalue weighted by Crippen LogP contribution is -2.46. The van der Waals surface area contributed by atoms with Crippen molar-refractivity contribution >= 4 is 47.5 Å². The molecule has 30 heavy (non-hydrogen) atoms. The summed E-state index contributed by atoms with van der Waals surface area (Å²) >= 11 is 0. The number of pyridine rings is 1. The molecule has 4 rings (SSSR count). The van der Waals surface area contributed by atoms with Gasteiger partial charge in [-0.2, -0.15) is 0 Å². The molecular weight excluding hydrogens is 423 g/mol. The topological polar surface area (TPSA) is 74.3 Å². The van der Waals surface area contributed by atoms with Crippen molar-refractivity contribution in [3.63, 3.8) is 0 Å². The first-order chi connectivity index (χ1) is 13.6. The lowest BCUT2D eigenvalue weighted by Gasteiger charge is -2.33. The van der Waals surface area contributed by atoms with Gasteiger partial charge in [0.05, 0.1) is 17.1 Å². The number of hydrogen-bond acceptors (Lipinski definition) is 4. The predicted octanol–water partition coefficient (Wildman–Crippen LogP) is 3.11. The number of nitrogens with zero attached hydrogens (tertiary/aromatic N) is 2. The zero-order valence-corrected chi connectivity index (χ0v) is 18.9. The van der Waals surface area contributed by atoms with Gasteiger partial charge in [0.25, 0.3) is 5.91 Å². The van der Waals surface area contributed by atoms with Crippen LogP contribution in [0.3, 0.4) is 0 Å². The quantitative estimate of drug-likeness (QED) is 0.746. The fraction of sp³-hybridized carbons (Fsp3) is 0.500. The summed E-state index contributed by atoms with van der Waals surface area (Å²) in [4.78, 5) is 31.8. The van der Waals surface area contributed by atoms with Crippen LogP contribution in [0.5, 0.6) is 0 Å². The highest BCUT2D eigenvalue weighted by Gasteiger charge is 2.27. The molecule has 3 heterocycles. The summed E-state index contributed by atoms with van der Waals surface area (Å²) in [5, 5.41) is 7.33. The molecule has 0 bridgehead atoms. The van der Waals surface area contributed by atoms with Crippen LogP contribution in [0, 0.1) is 12.8 Å². The third-order valence-corrected chi connectivity index (χ3v) is 6.02. The Labute approximate surface area is 190 Å². The second kappa shape index (κ2) is 10.9. The van der Waals surface area contributed by atoms with E-state index in [1.165, 1.54) is 0 Å². The highest BCUT2D eigenvalue weighted by Crippen LogP contribution is 2.23. The summed E-state index contributed by atoms with van der Waals surface area (Å²) in [5.41, 5.74) is 2.58. The Morgan fingerprint density at radius 3 is 2.77 bits per heavy atom. The van der Waals surface area contributed by atoms with Gasteiger partial charge >= 0.3 is 0 Å². The van der Waals surface area contributed by atoms with Crippen LogP contribution in [0.2, 0.25) is 0 Å². The number of aromatic nitrogens is 1. The Hall–Kier alpha value is -1.89. The number of hydrogen-bond donors (Lipinski definition) is 2. The number of para-hydroxylation sites is 1. The molecule has 2 aromatic rings. The highest BCUT2D eigenvalue weighted by atomic mass is 35.5. The van der Waals surface area contributed by atoms with E-state index in [1.807, 2.05) is 36.1 Å². The third-order valence-electron chi connectivity index (χ3n) is 6.02. The molecule has 0 radical (unpaired) electrons. The zero-order chi connectivity index (χ0) is 19.5. The van der Waals surface area contributed by atoms with Crippen molar-refractivity contribution in [1.82, 2.24) is 20.5 Å². The maximum absolute atomic E-state index is 13.1. The lowest BCUT2D eigenvalue weighted by molar-refractivity contribution is -0.123. The summed E-state index contributed by atoms with van der Waals surface area (Å²) in [5.74, 6) is 0.441. The molecule has 1 aromatic heterocycles. The largest absolute Gasteiger partial charge is 0.354 e. The molecule has 2 aliphatic rings. The van der Waals surface area contributed by atoms with E-state index in [4.69, 9.17) is 0 Å². The van der Waals surface area contributed by atoms with Crippen molar-refractivity contribution in [2.45, 2.75) is 38.6 Å². The number of amides is 2. The maximum atomic E-state index is 13.1. The maximum Gasteiger partial charge on any atom is 0.255 e. The predicted molar refractivity (Wildman–Crippen MR) is 124 cm³/mol. The van der Waals surface area contributed by atoms with E-state index in [0.29, 0.717) is 24.6 Å². The number of halogens is 2. The first-order valence-corrected chi connectivity index (χ1v) is 10.3. The molecule has 2 saturated heterocycles. The summed E-state index contributed by atoms with van der Waals surface area (Å²) in [6, 6.07) is 7.87. The van der Waals surface area contributed by atoms with Crippen LogP contribution in [0.1, 0.15) is 41.6 Å². The minimum atomic E-state index is -0.0485. The smallest absolute Gasteiger partial charge is 0.255 e. The van der Waals surface area contributed by atoms with Gasteiger partial charge in [-0.05, 0) is 56.7 Å². The molecule has 8 heteroatoms. The number of likely N-dealkylation sites (tertiary alicyclic amines) is 1. The van der Waals surface area contributed by atoms with Gasteiger partial charge in [-0.1, -0.05) is 18.2 Å². The number of benzene rings is 1. The van der Waals surface area contributed by atoms with E-state index < -0.39 is 0 Å². The van der Waals surface area contributed by atoms with Crippen LogP contribution in [0.25, 0.3) is 10.9 Å². The van der Waals surface area contributed by atoms with Crippen LogP contribution in [-0.2, 0) is 4.79 Å². The molecule has 2 unspecified atom stereocenters. The van der Waals surface area contributed by atoms with E-state index in [2.05, 4.69) is 15.6 Å². The molecule has 1 aromatic carbocycles. The van der Waals surface area contributed by atoms with Crippen LogP contribution >= 0.6 is 24.8 Å². The second-order valence-corrected chi connectivity index (χ2v) is 7.97. The molecule has 164 valence electrons. The van der Waals surface area contributed by atoms with Crippen LogP contribution in [0.4, 0.5) is 0 Å². The summed E-state index contributed by atoms with van der Waals surface area (Å²) in [6.07, 6.45) is 5.68. The molecule has 2 amide bonds. The fourth-order valence-electron chi connectivity index (χ4n) is 4.36. The standard InChI is InChI=1S/C22H28N4O2.2ClH/c1-15-17-7-2-3-8-19(17)24-13-18(15)22(28)26-11-5-6-16(14-26)12-25-21(27)20-9-4-10-23-20;;/h2-3,7-8,13,16,20,23H,4-6,9-12,14H2,1H3,(H,25,27);2*1H. The number of carbonyl (C=O) groups is 2. The Morgan fingerprint density at radius 1 is 1.20 bits per heavy atom. The van der Waals surface area contributed by atoms with Gasteiger partial charge in [-0.25, -0.2) is 0 Å². The van der Waals surface area contributed by atoms with E-state index in [1.54, 1.807) is 6.20 Å². The molecular formula is C22H30Cl2N4O2. The minimum Gasteiger partial charge on any atom is -0.354 e. The van der Waals surface area contributed by atoms with Crippen LogP contribution < -0.4 is 10.6 Å². The van der Waals surface area contributed by atoms with Crippen LogP contribution in [-0.4, -0.2) is 53.9 Å². The van der Waals surface area contributed by atoms with Gasteiger partial charge in [0.2, 0.25) is 5.91 Å². The summed E-state index contributed by atoms with van der Waals surface area (Å²) in [7, 11) is 0. The van der Waals surface area contributed by atoms with E-state index in [9.17, 15) is 9.59 Å². The van der Waals surface area contributed by atoms with E-state index in [-0.39, 0.29) is 42.7 Å². The van der Waals surface area contributed by atoms with Crippen molar-refractivity contribution in [2.24, 2.45) is 5.92 Å². The average Bonchev–Trinajstić information content (AvgIpc) is 3.27. The fourth-order valence-corrected chi connectivity index (χ4v) is 4.36. The average molecular weight is 453 g/mol. The second-order valence-electron chi connectivity index (χ2n) is 7.97. The normalized spacial score (nSPS) is 20.9. The molecule has 2 aliphatic heterocycles. The van der Waals surface area contributed by atoms with Gasteiger partial charge in [0.15, 0.2) is 0 Å². The zero-order valence-electron chi connectivity index (χ0n) is 17.2. The number of fused-ring (bicyclic) bond motifs is 1. The Morgan fingerprint density at radius 2 is 2.00 bits per heavy atom. The van der Waals surface area contributed by atoms with Gasteiger partial charge < -0.3 is 15.5 Å². The van der Waals surface area contributed by atoms with Gasteiger partial charge in [0, 0.05) is 31.2 Å². The van der Waals surface area contributed by atoms with E-state index in [0.717, 1.165) is 55.2 Å². The summed E-state index contributed by atoms with van der Waals surface area (Å²) < 4.78 is 0. The molecule has 2 atom stereocenters. The monoisotopic (exact) mass is 452 g/mol. The van der Waals surface area contributed by atoms with E-state index >= 15 is 0 Å². The number of nitrogens with one attached hydrogen (secondary N) is 2. The third kappa shape index (κ3) is 5.23. The van der Waals surface area contributed by atoms with Gasteiger partial charge in [-0.3, -0.25) is 14.6 Å². The molecule has 0 spiro atoms. The molecule has 0 aliphatic carbocycles. The lowest BCUT2D eigenvalue weighted by atomic mass is 9.96. The number of carbonyl (C=O) groups excluding carboxylic acids is 2. The van der Waals surface area contributed by atoms with Crippen molar-refractivity contribution in [3.05, 3.63) is 41.6 Å². The molecule has 2 fully saturated rings. The summed E-state index contributed by atoms with van der Waals surface area (Å²) in [6.45, 7) is 5.00. The van der Waals surface area contributed by atoms with Gasteiger partial charge in [-0.15, -0.1) is 24.8 Å². The molecule has 2 N–H and O–H groups in total. The van der Waals surface area contributed by atoms with Crippen LogP contribution in [0.15, 0.2) is 30.5 Å². The van der Waals surface area contributed by atoms with Crippen molar-refractivity contribution in [3.8, 4) is 0 Å². The van der Waals surface area contributed by atoms with Gasteiger partial charge in [0.1, 0.15) is 0 Å². The van der Waals surface area contributed by atoms with Crippen molar-refractivity contribution in [2.75, 3.05) is 26.2 Å². The SMILES string of the molecule is Cc1c(C(=O)N2CCCC(CNC(=O)C3CCCN3)C2)cnc2ccccc12.Cl.Cl. The Kier molecular flexibility index (Phi) is 8.89. The first kappa shape index (κ1) is 24.4. The first-order valence-electron chi connectivity index (χ1n) is 10.3. The highest BCUT2D eigenvalue weighted by molar-refractivity contribution is 6.00. The molecule has 6 nitrogen and oxygen atoms in total.